The molecular weight excluding hydrogens is 306 g/mol. The van der Waals surface area contributed by atoms with E-state index in [0.717, 1.165) is 17.3 Å². The zero-order chi connectivity index (χ0) is 14.6. The molecule has 0 aromatic heterocycles. The molecule has 2 N–H and O–H groups in total. The van der Waals surface area contributed by atoms with E-state index in [0.29, 0.717) is 5.56 Å². The Hall–Kier alpha value is -1.03. The summed E-state index contributed by atoms with van der Waals surface area (Å²) >= 11 is 3.42. The second-order valence-corrected chi connectivity index (χ2v) is 6.66. The van der Waals surface area contributed by atoms with Gasteiger partial charge in [0, 0.05) is 16.9 Å². The van der Waals surface area contributed by atoms with E-state index < -0.39 is 0 Å². The van der Waals surface area contributed by atoms with Gasteiger partial charge in [-0.05, 0) is 36.5 Å². The Morgan fingerprint density at radius 1 is 1.42 bits per heavy atom. The van der Waals surface area contributed by atoms with E-state index in [1.807, 2.05) is 0 Å². The number of halogens is 1. The number of carbonyl (C=O) groups excluding carboxylic acids is 1. The molecule has 1 unspecified atom stereocenters. The van der Waals surface area contributed by atoms with E-state index in [9.17, 15) is 9.90 Å². The van der Waals surface area contributed by atoms with Crippen LogP contribution in [-0.2, 0) is 0 Å². The van der Waals surface area contributed by atoms with Crippen molar-refractivity contribution in [1.29, 1.82) is 0 Å². The number of hydrogen-bond donors (Lipinski definition) is 2. The highest BCUT2D eigenvalue weighted by Crippen LogP contribution is 2.23. The Bertz CT molecular complexity index is 452. The summed E-state index contributed by atoms with van der Waals surface area (Å²) in [6, 6.07) is 5.08. The number of amides is 1. The third kappa shape index (κ3) is 4.53. The van der Waals surface area contributed by atoms with Crippen LogP contribution < -0.4 is 5.32 Å². The average Bonchev–Trinajstić information content (AvgIpc) is 2.30. The van der Waals surface area contributed by atoms with Crippen molar-refractivity contribution < 1.29 is 9.90 Å². The van der Waals surface area contributed by atoms with Gasteiger partial charge in [-0.3, -0.25) is 4.79 Å². The minimum atomic E-state index is -0.142. The number of phenolic OH excluding ortho intramolecular Hbond substituents is 1. The molecule has 0 heterocycles. The predicted molar refractivity (Wildman–Crippen MR) is 82.0 cm³/mol. The molecular formula is C15H22BrNO2. The molecule has 0 saturated carbocycles. The standard InChI is InChI=1S/C15H22BrNO2/c1-10-5-6-11(9-12(10)18)14(19)17-13(7-8-16)15(2,3)4/h5-6,9,13,18H,7-8H2,1-4H3,(H,17,19). The van der Waals surface area contributed by atoms with Gasteiger partial charge in [-0.2, -0.15) is 0 Å². The fourth-order valence-electron chi connectivity index (χ4n) is 1.82. The molecule has 4 heteroatoms. The lowest BCUT2D eigenvalue weighted by atomic mass is 9.85. The molecule has 106 valence electrons. The molecule has 0 bridgehead atoms. The normalized spacial score (nSPS) is 13.1. The maximum absolute atomic E-state index is 12.2. The fraction of sp³-hybridized carbons (Fsp3) is 0.533. The number of hydrogen-bond acceptors (Lipinski definition) is 2. The van der Waals surface area contributed by atoms with Gasteiger partial charge in [0.15, 0.2) is 0 Å². The minimum Gasteiger partial charge on any atom is -0.508 e. The van der Waals surface area contributed by atoms with Gasteiger partial charge in [0.2, 0.25) is 0 Å². The monoisotopic (exact) mass is 327 g/mol. The first-order chi connectivity index (χ1) is 8.75. The number of aromatic hydroxyl groups is 1. The molecule has 0 saturated heterocycles. The fourth-order valence-corrected chi connectivity index (χ4v) is 2.28. The summed E-state index contributed by atoms with van der Waals surface area (Å²) < 4.78 is 0. The zero-order valence-electron chi connectivity index (χ0n) is 12.0. The van der Waals surface area contributed by atoms with Gasteiger partial charge in [0.25, 0.3) is 5.91 Å². The molecule has 0 radical (unpaired) electrons. The average molecular weight is 328 g/mol. The van der Waals surface area contributed by atoms with Crippen LogP contribution in [0.2, 0.25) is 0 Å². The lowest BCUT2D eigenvalue weighted by molar-refractivity contribution is 0.0900. The van der Waals surface area contributed by atoms with Crippen molar-refractivity contribution in [2.45, 2.75) is 40.2 Å². The van der Waals surface area contributed by atoms with Crippen molar-refractivity contribution in [3.8, 4) is 5.75 Å². The van der Waals surface area contributed by atoms with E-state index >= 15 is 0 Å². The van der Waals surface area contributed by atoms with Crippen LogP contribution in [0.5, 0.6) is 5.75 Å². The van der Waals surface area contributed by atoms with Gasteiger partial charge in [0.05, 0.1) is 0 Å². The second-order valence-electron chi connectivity index (χ2n) is 5.87. The molecule has 1 aromatic rings. The number of aryl methyl sites for hydroxylation is 1. The molecule has 1 amide bonds. The maximum Gasteiger partial charge on any atom is 0.251 e. The molecule has 1 atom stereocenters. The molecule has 0 aliphatic heterocycles. The first kappa shape index (κ1) is 16.0. The van der Waals surface area contributed by atoms with Gasteiger partial charge < -0.3 is 10.4 Å². The topological polar surface area (TPSA) is 49.3 Å². The molecule has 0 fully saturated rings. The zero-order valence-corrected chi connectivity index (χ0v) is 13.5. The van der Waals surface area contributed by atoms with Gasteiger partial charge in [-0.15, -0.1) is 0 Å². The smallest absolute Gasteiger partial charge is 0.251 e. The Balaban J connectivity index is 2.84. The summed E-state index contributed by atoms with van der Waals surface area (Å²) in [5.74, 6) is 0.0108. The van der Waals surface area contributed by atoms with Crippen LogP contribution in [0.15, 0.2) is 18.2 Å². The van der Waals surface area contributed by atoms with Crippen LogP contribution >= 0.6 is 15.9 Å². The SMILES string of the molecule is Cc1ccc(C(=O)NC(CCBr)C(C)(C)C)cc1O. The van der Waals surface area contributed by atoms with E-state index in [4.69, 9.17) is 0 Å². The van der Waals surface area contributed by atoms with Crippen LogP contribution in [0.4, 0.5) is 0 Å². The van der Waals surface area contributed by atoms with Crippen molar-refractivity contribution >= 4 is 21.8 Å². The van der Waals surface area contributed by atoms with Crippen LogP contribution in [0.1, 0.15) is 43.1 Å². The van der Waals surface area contributed by atoms with Crippen molar-refractivity contribution in [1.82, 2.24) is 5.32 Å². The van der Waals surface area contributed by atoms with Gasteiger partial charge >= 0.3 is 0 Å². The van der Waals surface area contributed by atoms with E-state index in [2.05, 4.69) is 42.0 Å². The molecule has 1 rings (SSSR count). The Kier molecular flexibility index (Phi) is 5.41. The Morgan fingerprint density at radius 2 is 2.05 bits per heavy atom. The summed E-state index contributed by atoms with van der Waals surface area (Å²) in [5.41, 5.74) is 1.26. The summed E-state index contributed by atoms with van der Waals surface area (Å²) in [6.45, 7) is 8.12. The first-order valence-corrected chi connectivity index (χ1v) is 7.54. The Morgan fingerprint density at radius 3 is 2.53 bits per heavy atom. The van der Waals surface area contributed by atoms with Gasteiger partial charge in [-0.1, -0.05) is 42.8 Å². The quantitative estimate of drug-likeness (QED) is 0.829. The number of rotatable bonds is 4. The lowest BCUT2D eigenvalue weighted by Crippen LogP contribution is -2.44. The van der Waals surface area contributed by atoms with Gasteiger partial charge in [-0.25, -0.2) is 0 Å². The highest BCUT2D eigenvalue weighted by Gasteiger charge is 2.26. The molecule has 0 spiro atoms. The largest absolute Gasteiger partial charge is 0.508 e. The Labute approximate surface area is 123 Å². The third-order valence-electron chi connectivity index (χ3n) is 3.22. The number of nitrogens with one attached hydrogen (secondary N) is 1. The molecule has 1 aromatic carbocycles. The molecule has 0 aliphatic rings. The highest BCUT2D eigenvalue weighted by molar-refractivity contribution is 9.09. The van der Waals surface area contributed by atoms with Crippen molar-refractivity contribution in [3.05, 3.63) is 29.3 Å². The summed E-state index contributed by atoms with van der Waals surface area (Å²) in [5, 5.41) is 13.5. The second kappa shape index (κ2) is 6.42. The lowest BCUT2D eigenvalue weighted by Gasteiger charge is -2.31. The van der Waals surface area contributed by atoms with E-state index in [1.165, 1.54) is 6.07 Å². The van der Waals surface area contributed by atoms with Crippen molar-refractivity contribution in [3.63, 3.8) is 0 Å². The van der Waals surface area contributed by atoms with Crippen LogP contribution in [-0.4, -0.2) is 22.4 Å². The third-order valence-corrected chi connectivity index (χ3v) is 3.68. The number of carbonyl (C=O) groups is 1. The number of alkyl halides is 1. The molecule has 19 heavy (non-hydrogen) atoms. The summed E-state index contributed by atoms with van der Waals surface area (Å²) in [6.07, 6.45) is 0.868. The van der Waals surface area contributed by atoms with Crippen molar-refractivity contribution in [2.24, 2.45) is 5.41 Å². The van der Waals surface area contributed by atoms with Crippen LogP contribution in [0.3, 0.4) is 0 Å². The number of benzene rings is 1. The summed E-state index contributed by atoms with van der Waals surface area (Å²) in [4.78, 5) is 12.2. The highest BCUT2D eigenvalue weighted by atomic mass is 79.9. The first-order valence-electron chi connectivity index (χ1n) is 6.42. The van der Waals surface area contributed by atoms with Crippen LogP contribution in [0, 0.1) is 12.3 Å². The molecule has 3 nitrogen and oxygen atoms in total. The van der Waals surface area contributed by atoms with E-state index in [-0.39, 0.29) is 23.1 Å². The number of phenols is 1. The van der Waals surface area contributed by atoms with Crippen LogP contribution in [0.25, 0.3) is 0 Å². The van der Waals surface area contributed by atoms with Crippen molar-refractivity contribution in [2.75, 3.05) is 5.33 Å². The summed E-state index contributed by atoms with van der Waals surface area (Å²) in [7, 11) is 0. The maximum atomic E-state index is 12.2. The molecule has 0 aliphatic carbocycles. The van der Waals surface area contributed by atoms with Gasteiger partial charge in [0.1, 0.15) is 5.75 Å². The van der Waals surface area contributed by atoms with E-state index in [1.54, 1.807) is 19.1 Å². The minimum absolute atomic E-state index is 0.00380. The predicted octanol–water partition coefficient (Wildman–Crippen LogP) is 3.63.